The second-order valence-corrected chi connectivity index (χ2v) is 9.12. The third-order valence-corrected chi connectivity index (χ3v) is 6.68. The highest BCUT2D eigenvalue weighted by Gasteiger charge is 2.29. The van der Waals surface area contributed by atoms with E-state index in [9.17, 15) is 9.18 Å². The number of amides is 1. The van der Waals surface area contributed by atoms with Crippen molar-refractivity contribution in [1.82, 2.24) is 19.7 Å². The highest BCUT2D eigenvalue weighted by atomic mass is 32.2. The van der Waals surface area contributed by atoms with Crippen molar-refractivity contribution in [3.8, 4) is 17.1 Å². The van der Waals surface area contributed by atoms with E-state index in [1.807, 2.05) is 36.1 Å². The second-order valence-electron chi connectivity index (χ2n) is 7.82. The molecule has 1 atom stereocenters. The Kier molecular flexibility index (Phi) is 5.92. The minimum Gasteiger partial charge on any atom is -0.311 e. The number of carbonyl (C=O) groups excluding carboxylic acids is 1. The number of para-hydroxylation sites is 2. The third kappa shape index (κ3) is 4.14. The van der Waals surface area contributed by atoms with Gasteiger partial charge in [-0.25, -0.2) is 4.39 Å². The molecule has 0 aliphatic carbocycles. The molecule has 2 aromatic carbocycles. The molecule has 8 heteroatoms. The molecular formula is C25H22FN5OS. The van der Waals surface area contributed by atoms with Crippen LogP contribution in [0, 0.1) is 5.82 Å². The van der Waals surface area contributed by atoms with E-state index in [-0.39, 0.29) is 5.91 Å². The maximum absolute atomic E-state index is 14.8. The first kappa shape index (κ1) is 21.3. The summed E-state index contributed by atoms with van der Waals surface area (Å²) in [7, 11) is 0. The van der Waals surface area contributed by atoms with Crippen LogP contribution in [0.1, 0.15) is 18.9 Å². The molecule has 1 amide bonds. The number of nitrogens with zero attached hydrogens (tertiary/aromatic N) is 5. The van der Waals surface area contributed by atoms with Crippen LogP contribution < -0.4 is 4.90 Å². The standard InChI is InChI=1S/C25H22FN5OS/c1-17(24(32)30-15-7-10-18-8-2-4-12-21(18)30)33-25-29-28-23(19-9-6-14-27-16-19)31(25)22-13-5-3-11-20(22)26/h2-6,8-9,11-14,16-17H,7,10,15H2,1H3/t17-/m0/s1. The van der Waals surface area contributed by atoms with Gasteiger partial charge in [0.1, 0.15) is 5.82 Å². The lowest BCUT2D eigenvalue weighted by molar-refractivity contribution is -0.117. The van der Waals surface area contributed by atoms with Gasteiger partial charge in [-0.2, -0.15) is 0 Å². The number of hydrogen-bond acceptors (Lipinski definition) is 5. The molecule has 0 spiro atoms. The topological polar surface area (TPSA) is 63.9 Å². The zero-order valence-corrected chi connectivity index (χ0v) is 18.9. The molecule has 0 radical (unpaired) electrons. The van der Waals surface area contributed by atoms with Crippen molar-refractivity contribution < 1.29 is 9.18 Å². The molecule has 166 valence electrons. The molecule has 0 bridgehead atoms. The number of halogens is 1. The number of thioether (sulfide) groups is 1. The fraction of sp³-hybridized carbons (Fsp3) is 0.200. The van der Waals surface area contributed by atoms with Gasteiger partial charge in [-0.3, -0.25) is 14.3 Å². The van der Waals surface area contributed by atoms with Crippen LogP contribution >= 0.6 is 11.8 Å². The van der Waals surface area contributed by atoms with Gasteiger partial charge in [0.05, 0.1) is 10.9 Å². The van der Waals surface area contributed by atoms with Crippen molar-refractivity contribution in [2.45, 2.75) is 30.2 Å². The Bertz CT molecular complexity index is 1290. The predicted molar refractivity (Wildman–Crippen MR) is 127 cm³/mol. The van der Waals surface area contributed by atoms with Crippen LogP contribution in [0.25, 0.3) is 17.1 Å². The highest BCUT2D eigenvalue weighted by Crippen LogP contribution is 2.33. The maximum Gasteiger partial charge on any atom is 0.240 e. The monoisotopic (exact) mass is 459 g/mol. The van der Waals surface area contributed by atoms with Gasteiger partial charge in [0.2, 0.25) is 5.91 Å². The molecule has 0 saturated heterocycles. The van der Waals surface area contributed by atoms with Crippen molar-refractivity contribution in [3.05, 3.63) is 84.4 Å². The van der Waals surface area contributed by atoms with E-state index in [0.29, 0.717) is 28.8 Å². The molecule has 4 aromatic rings. The lowest BCUT2D eigenvalue weighted by Gasteiger charge is -2.31. The number of benzene rings is 2. The zero-order chi connectivity index (χ0) is 22.8. The number of aryl methyl sites for hydroxylation is 1. The second kappa shape index (κ2) is 9.15. The SMILES string of the molecule is C[C@H](Sc1nnc(-c2cccnc2)n1-c1ccccc1F)C(=O)N1CCCc2ccccc21. The Morgan fingerprint density at radius 2 is 1.82 bits per heavy atom. The molecule has 1 aliphatic rings. The van der Waals surface area contributed by atoms with Crippen molar-refractivity contribution in [2.24, 2.45) is 0 Å². The van der Waals surface area contributed by atoms with Crippen LogP contribution in [0.2, 0.25) is 0 Å². The Balaban J connectivity index is 1.50. The summed E-state index contributed by atoms with van der Waals surface area (Å²) in [6.45, 7) is 2.54. The summed E-state index contributed by atoms with van der Waals surface area (Å²) in [5, 5.41) is 8.67. The Labute approximate surface area is 195 Å². The van der Waals surface area contributed by atoms with E-state index < -0.39 is 11.1 Å². The molecule has 0 N–H and O–H groups in total. The average Bonchev–Trinajstić information content (AvgIpc) is 3.27. The van der Waals surface area contributed by atoms with Gasteiger partial charge in [-0.15, -0.1) is 10.2 Å². The van der Waals surface area contributed by atoms with Gasteiger partial charge in [-0.1, -0.05) is 42.1 Å². The third-order valence-electron chi connectivity index (χ3n) is 5.65. The van der Waals surface area contributed by atoms with E-state index in [2.05, 4.69) is 21.2 Å². The quantitative estimate of drug-likeness (QED) is 0.396. The van der Waals surface area contributed by atoms with Crippen molar-refractivity contribution >= 4 is 23.4 Å². The lowest BCUT2D eigenvalue weighted by atomic mass is 10.0. The van der Waals surface area contributed by atoms with Gasteiger partial charge in [-0.05, 0) is 55.7 Å². The summed E-state index contributed by atoms with van der Waals surface area (Å²) < 4.78 is 16.5. The molecular weight excluding hydrogens is 437 g/mol. The van der Waals surface area contributed by atoms with E-state index in [1.54, 1.807) is 41.2 Å². The summed E-state index contributed by atoms with van der Waals surface area (Å²) in [5.74, 6) is 0.0741. The zero-order valence-electron chi connectivity index (χ0n) is 18.1. The van der Waals surface area contributed by atoms with E-state index in [0.717, 1.165) is 18.5 Å². The maximum atomic E-state index is 14.8. The summed E-state index contributed by atoms with van der Waals surface area (Å²) in [5.41, 5.74) is 3.19. The van der Waals surface area contributed by atoms with E-state index in [4.69, 9.17) is 0 Å². The van der Waals surface area contributed by atoms with Crippen LogP contribution in [0.5, 0.6) is 0 Å². The van der Waals surface area contributed by atoms with Crippen LogP contribution in [0.3, 0.4) is 0 Å². The summed E-state index contributed by atoms with van der Waals surface area (Å²) in [4.78, 5) is 19.4. The van der Waals surface area contributed by atoms with E-state index >= 15 is 0 Å². The normalized spacial score (nSPS) is 14.1. The molecule has 3 heterocycles. The van der Waals surface area contributed by atoms with Gasteiger partial charge >= 0.3 is 0 Å². The van der Waals surface area contributed by atoms with Crippen molar-refractivity contribution in [3.63, 3.8) is 0 Å². The Hall–Kier alpha value is -3.52. The Morgan fingerprint density at radius 1 is 1.03 bits per heavy atom. The van der Waals surface area contributed by atoms with Crippen LogP contribution in [-0.4, -0.2) is 37.5 Å². The minimum absolute atomic E-state index is 0.00170. The Morgan fingerprint density at radius 3 is 2.61 bits per heavy atom. The number of pyridine rings is 1. The molecule has 0 fully saturated rings. The number of aromatic nitrogens is 4. The summed E-state index contributed by atoms with van der Waals surface area (Å²) >= 11 is 1.28. The number of hydrogen-bond donors (Lipinski definition) is 0. The number of rotatable bonds is 5. The van der Waals surface area contributed by atoms with Crippen LogP contribution in [0.15, 0.2) is 78.2 Å². The van der Waals surface area contributed by atoms with Gasteiger partial charge < -0.3 is 4.90 Å². The predicted octanol–water partition coefficient (Wildman–Crippen LogP) is 4.93. The number of fused-ring (bicyclic) bond motifs is 1. The average molecular weight is 460 g/mol. The number of anilines is 1. The van der Waals surface area contributed by atoms with Crippen molar-refractivity contribution in [2.75, 3.05) is 11.4 Å². The summed E-state index contributed by atoms with van der Waals surface area (Å²) in [6, 6.07) is 18.1. The van der Waals surface area contributed by atoms with Gasteiger partial charge in [0, 0.05) is 30.2 Å². The fourth-order valence-corrected chi connectivity index (χ4v) is 4.99. The smallest absolute Gasteiger partial charge is 0.240 e. The van der Waals surface area contributed by atoms with Crippen LogP contribution in [-0.2, 0) is 11.2 Å². The molecule has 1 aliphatic heterocycles. The fourth-order valence-electron chi connectivity index (χ4n) is 4.07. The first-order valence-corrected chi connectivity index (χ1v) is 11.7. The van der Waals surface area contributed by atoms with Gasteiger partial charge in [0.15, 0.2) is 11.0 Å². The lowest BCUT2D eigenvalue weighted by Crippen LogP contribution is -2.40. The van der Waals surface area contributed by atoms with Crippen molar-refractivity contribution in [1.29, 1.82) is 0 Å². The first-order chi connectivity index (χ1) is 16.1. The highest BCUT2D eigenvalue weighted by molar-refractivity contribution is 8.00. The molecule has 0 saturated carbocycles. The first-order valence-electron chi connectivity index (χ1n) is 10.8. The molecule has 6 nitrogen and oxygen atoms in total. The largest absolute Gasteiger partial charge is 0.311 e. The van der Waals surface area contributed by atoms with Crippen LogP contribution in [0.4, 0.5) is 10.1 Å². The molecule has 5 rings (SSSR count). The number of carbonyl (C=O) groups is 1. The molecule has 0 unspecified atom stereocenters. The molecule has 2 aromatic heterocycles. The minimum atomic E-state index is -0.437. The molecule has 33 heavy (non-hydrogen) atoms. The summed E-state index contributed by atoms with van der Waals surface area (Å²) in [6.07, 6.45) is 5.23. The van der Waals surface area contributed by atoms with E-state index in [1.165, 1.54) is 23.4 Å². The van der Waals surface area contributed by atoms with Gasteiger partial charge in [0.25, 0.3) is 0 Å².